The van der Waals surface area contributed by atoms with E-state index in [0.717, 1.165) is 19.4 Å². The molecule has 3 rings (SSSR count). The van der Waals surface area contributed by atoms with Crippen LogP contribution in [0.4, 0.5) is 0 Å². The van der Waals surface area contributed by atoms with Crippen LogP contribution in [0, 0.1) is 0 Å². The van der Waals surface area contributed by atoms with Crippen LogP contribution in [0.5, 0.6) is 0 Å². The fourth-order valence-corrected chi connectivity index (χ4v) is 3.41. The number of carbonyl (C=O) groups is 1. The summed E-state index contributed by atoms with van der Waals surface area (Å²) in [5.74, 6) is 0.0204. The van der Waals surface area contributed by atoms with Gasteiger partial charge in [-0.2, -0.15) is 11.3 Å². The maximum absolute atomic E-state index is 12.4. The molecule has 1 aliphatic heterocycles. The molecule has 0 saturated carbocycles. The quantitative estimate of drug-likeness (QED) is 0.869. The van der Waals surface area contributed by atoms with Gasteiger partial charge in [-0.15, -0.1) is 0 Å². The molecule has 0 spiro atoms. The lowest BCUT2D eigenvalue weighted by Crippen LogP contribution is -2.35. The predicted octanol–water partition coefficient (Wildman–Crippen LogP) is 2.27. The molecule has 1 amide bonds. The van der Waals surface area contributed by atoms with E-state index in [2.05, 4.69) is 11.4 Å². The highest BCUT2D eigenvalue weighted by Crippen LogP contribution is 2.33. The Kier molecular flexibility index (Phi) is 3.69. The number of hydrogen-bond acceptors (Lipinski definition) is 3. The van der Waals surface area contributed by atoms with E-state index in [1.807, 2.05) is 10.3 Å². The van der Waals surface area contributed by atoms with Crippen molar-refractivity contribution in [2.75, 3.05) is 6.54 Å². The molecular formula is C15H16N2O2S. The average molecular weight is 288 g/mol. The zero-order valence-corrected chi connectivity index (χ0v) is 11.9. The molecule has 5 heteroatoms. The molecule has 4 nitrogen and oxygen atoms in total. The van der Waals surface area contributed by atoms with Crippen molar-refractivity contribution in [2.45, 2.75) is 25.4 Å². The average Bonchev–Trinajstić information content (AvgIpc) is 3.11. The van der Waals surface area contributed by atoms with Crippen LogP contribution in [-0.2, 0) is 11.3 Å². The number of aromatic nitrogens is 1. The van der Waals surface area contributed by atoms with Gasteiger partial charge in [0.15, 0.2) is 0 Å². The zero-order chi connectivity index (χ0) is 13.9. The second-order valence-electron chi connectivity index (χ2n) is 4.97. The number of rotatable bonds is 3. The fraction of sp³-hybridized carbons (Fsp3) is 0.333. The SMILES string of the molecule is O=C(Cn1ccccc1=O)N1CCCC1c1ccsc1. The lowest BCUT2D eigenvalue weighted by Gasteiger charge is -2.24. The summed E-state index contributed by atoms with van der Waals surface area (Å²) in [5, 5.41) is 4.14. The van der Waals surface area contributed by atoms with E-state index in [9.17, 15) is 9.59 Å². The molecule has 3 heterocycles. The Morgan fingerprint density at radius 3 is 3.00 bits per heavy atom. The number of hydrogen-bond donors (Lipinski definition) is 0. The minimum absolute atomic E-state index is 0.0204. The zero-order valence-electron chi connectivity index (χ0n) is 11.1. The van der Waals surface area contributed by atoms with Gasteiger partial charge >= 0.3 is 0 Å². The number of likely N-dealkylation sites (tertiary alicyclic amines) is 1. The molecule has 2 aromatic heterocycles. The Balaban J connectivity index is 1.77. The molecule has 0 radical (unpaired) electrons. The van der Waals surface area contributed by atoms with Gasteiger partial charge in [-0.05, 0) is 41.3 Å². The Morgan fingerprint density at radius 2 is 2.25 bits per heavy atom. The number of nitrogens with zero attached hydrogens (tertiary/aromatic N) is 2. The smallest absolute Gasteiger partial charge is 0.250 e. The number of pyridine rings is 1. The van der Waals surface area contributed by atoms with Gasteiger partial charge < -0.3 is 9.47 Å². The molecule has 2 aromatic rings. The fourth-order valence-electron chi connectivity index (χ4n) is 2.70. The minimum Gasteiger partial charge on any atom is -0.334 e. The van der Waals surface area contributed by atoms with E-state index in [-0.39, 0.29) is 24.1 Å². The van der Waals surface area contributed by atoms with Gasteiger partial charge in [0.2, 0.25) is 5.91 Å². The molecule has 0 N–H and O–H groups in total. The third-order valence-corrected chi connectivity index (χ3v) is 4.41. The predicted molar refractivity (Wildman–Crippen MR) is 78.7 cm³/mol. The Labute approximate surface area is 121 Å². The van der Waals surface area contributed by atoms with Crippen LogP contribution in [0.2, 0.25) is 0 Å². The first-order chi connectivity index (χ1) is 9.75. The van der Waals surface area contributed by atoms with E-state index >= 15 is 0 Å². The van der Waals surface area contributed by atoms with Crippen LogP contribution in [0.15, 0.2) is 46.0 Å². The van der Waals surface area contributed by atoms with Crippen molar-refractivity contribution in [1.29, 1.82) is 0 Å². The lowest BCUT2D eigenvalue weighted by atomic mass is 10.1. The van der Waals surface area contributed by atoms with Crippen molar-refractivity contribution < 1.29 is 4.79 Å². The topological polar surface area (TPSA) is 42.3 Å². The maximum atomic E-state index is 12.4. The molecule has 20 heavy (non-hydrogen) atoms. The molecule has 104 valence electrons. The van der Waals surface area contributed by atoms with Crippen LogP contribution in [0.25, 0.3) is 0 Å². The summed E-state index contributed by atoms with van der Waals surface area (Å²) >= 11 is 1.65. The number of amides is 1. The first-order valence-electron chi connectivity index (χ1n) is 6.73. The van der Waals surface area contributed by atoms with Gasteiger partial charge in [-0.1, -0.05) is 6.07 Å². The Morgan fingerprint density at radius 1 is 1.35 bits per heavy atom. The van der Waals surface area contributed by atoms with Crippen LogP contribution in [0.3, 0.4) is 0 Å². The van der Waals surface area contributed by atoms with Gasteiger partial charge in [0.1, 0.15) is 6.54 Å². The monoisotopic (exact) mass is 288 g/mol. The molecule has 1 atom stereocenters. The van der Waals surface area contributed by atoms with Gasteiger partial charge in [0.05, 0.1) is 6.04 Å². The largest absolute Gasteiger partial charge is 0.334 e. The number of carbonyl (C=O) groups excluding carboxylic acids is 1. The van der Waals surface area contributed by atoms with Crippen molar-refractivity contribution in [2.24, 2.45) is 0 Å². The molecule has 0 aliphatic carbocycles. The molecule has 1 aliphatic rings. The van der Waals surface area contributed by atoms with Gasteiger partial charge in [-0.3, -0.25) is 9.59 Å². The normalized spacial score (nSPS) is 18.4. The van der Waals surface area contributed by atoms with E-state index in [1.165, 1.54) is 16.2 Å². The summed E-state index contributed by atoms with van der Waals surface area (Å²) in [6.45, 7) is 0.904. The van der Waals surface area contributed by atoms with Gasteiger partial charge in [0.25, 0.3) is 5.56 Å². The maximum Gasteiger partial charge on any atom is 0.250 e. The second-order valence-corrected chi connectivity index (χ2v) is 5.75. The van der Waals surface area contributed by atoms with Crippen molar-refractivity contribution >= 4 is 17.2 Å². The van der Waals surface area contributed by atoms with Gasteiger partial charge in [0, 0.05) is 18.8 Å². The molecule has 1 fully saturated rings. The van der Waals surface area contributed by atoms with Crippen molar-refractivity contribution in [1.82, 2.24) is 9.47 Å². The summed E-state index contributed by atoms with van der Waals surface area (Å²) in [5.41, 5.74) is 1.08. The third-order valence-electron chi connectivity index (χ3n) is 3.71. The van der Waals surface area contributed by atoms with Crippen molar-refractivity contribution in [3.05, 3.63) is 57.1 Å². The van der Waals surface area contributed by atoms with Crippen LogP contribution in [0.1, 0.15) is 24.4 Å². The van der Waals surface area contributed by atoms with Crippen LogP contribution in [-0.4, -0.2) is 21.9 Å². The van der Waals surface area contributed by atoms with Crippen LogP contribution >= 0.6 is 11.3 Å². The number of thiophene rings is 1. The highest BCUT2D eigenvalue weighted by molar-refractivity contribution is 7.07. The molecule has 1 saturated heterocycles. The van der Waals surface area contributed by atoms with E-state index in [0.29, 0.717) is 0 Å². The summed E-state index contributed by atoms with van der Waals surface area (Å²) in [6.07, 6.45) is 3.69. The Hall–Kier alpha value is -1.88. The molecule has 0 aromatic carbocycles. The van der Waals surface area contributed by atoms with E-state index in [4.69, 9.17) is 0 Å². The van der Waals surface area contributed by atoms with Crippen molar-refractivity contribution in [3.63, 3.8) is 0 Å². The van der Waals surface area contributed by atoms with Crippen molar-refractivity contribution in [3.8, 4) is 0 Å². The third kappa shape index (κ3) is 2.54. The van der Waals surface area contributed by atoms with Gasteiger partial charge in [-0.25, -0.2) is 0 Å². The first kappa shape index (κ1) is 13.1. The molecule has 1 unspecified atom stereocenters. The second kappa shape index (κ2) is 5.63. The van der Waals surface area contributed by atoms with Crippen LogP contribution < -0.4 is 5.56 Å². The van der Waals surface area contributed by atoms with E-state index in [1.54, 1.807) is 29.7 Å². The standard InChI is InChI=1S/C15H16N2O2S/c18-14-5-1-2-7-16(14)10-15(19)17-8-3-4-13(17)12-6-9-20-11-12/h1-2,5-7,9,11,13H,3-4,8,10H2. The Bertz CT molecular complexity index is 648. The summed E-state index contributed by atoms with van der Waals surface area (Å²) in [4.78, 5) is 26.0. The minimum atomic E-state index is -0.132. The highest BCUT2D eigenvalue weighted by Gasteiger charge is 2.30. The first-order valence-corrected chi connectivity index (χ1v) is 7.67. The molecule has 0 bridgehead atoms. The molecular weight excluding hydrogens is 272 g/mol. The highest BCUT2D eigenvalue weighted by atomic mass is 32.1. The van der Waals surface area contributed by atoms with E-state index < -0.39 is 0 Å². The summed E-state index contributed by atoms with van der Waals surface area (Å²) in [7, 11) is 0. The summed E-state index contributed by atoms with van der Waals surface area (Å²) < 4.78 is 1.46. The summed E-state index contributed by atoms with van der Waals surface area (Å²) in [6, 6.07) is 7.19. The lowest BCUT2D eigenvalue weighted by molar-refractivity contribution is -0.132.